The summed E-state index contributed by atoms with van der Waals surface area (Å²) < 4.78 is 21.8. The predicted molar refractivity (Wildman–Crippen MR) is 166 cm³/mol. The molecule has 244 valence electrons. The van der Waals surface area contributed by atoms with E-state index in [0.29, 0.717) is 18.8 Å². The third-order valence-corrected chi connectivity index (χ3v) is 7.21. The van der Waals surface area contributed by atoms with Gasteiger partial charge in [-0.2, -0.15) is 0 Å². The minimum Gasteiger partial charge on any atom is -0.496 e. The highest BCUT2D eigenvalue weighted by atomic mass is 16.6. The van der Waals surface area contributed by atoms with Crippen LogP contribution in [-0.4, -0.2) is 97.5 Å². The number of nitrogens with zero attached hydrogens (tertiary/aromatic N) is 2. The average molecular weight is 636 g/mol. The molecule has 0 bridgehead atoms. The monoisotopic (exact) mass is 635 g/mol. The van der Waals surface area contributed by atoms with Crippen LogP contribution in [0.15, 0.2) is 72.9 Å². The summed E-state index contributed by atoms with van der Waals surface area (Å²) >= 11 is 0. The highest BCUT2D eigenvalue weighted by Crippen LogP contribution is 2.28. The van der Waals surface area contributed by atoms with Crippen LogP contribution in [0.1, 0.15) is 22.3 Å². The number of methoxy groups -OCH3 is 2. The van der Waals surface area contributed by atoms with Gasteiger partial charge in [0.1, 0.15) is 42.1 Å². The lowest BCUT2D eigenvalue weighted by molar-refractivity contribution is -0.139. The van der Waals surface area contributed by atoms with Crippen LogP contribution in [0.4, 0.5) is 10.6 Å². The number of pyridine rings is 1. The summed E-state index contributed by atoms with van der Waals surface area (Å²) in [5.74, 6) is -1.66. The van der Waals surface area contributed by atoms with E-state index in [0.717, 1.165) is 5.56 Å². The van der Waals surface area contributed by atoms with Crippen molar-refractivity contribution >= 4 is 29.7 Å². The zero-order valence-corrected chi connectivity index (χ0v) is 25.5. The fourth-order valence-electron chi connectivity index (χ4n) is 4.87. The van der Waals surface area contributed by atoms with Crippen LogP contribution in [0.25, 0.3) is 0 Å². The molecule has 14 heteroatoms. The van der Waals surface area contributed by atoms with Crippen molar-refractivity contribution in [2.24, 2.45) is 0 Å². The van der Waals surface area contributed by atoms with Crippen LogP contribution < -0.4 is 25.4 Å². The van der Waals surface area contributed by atoms with Gasteiger partial charge in [-0.05, 0) is 36.2 Å². The Morgan fingerprint density at radius 2 is 1.70 bits per heavy atom. The van der Waals surface area contributed by atoms with Crippen molar-refractivity contribution in [3.63, 3.8) is 0 Å². The van der Waals surface area contributed by atoms with Crippen molar-refractivity contribution in [2.75, 3.05) is 45.8 Å². The number of nitrogens with one attached hydrogen (secondary N) is 3. The summed E-state index contributed by atoms with van der Waals surface area (Å²) in [7, 11) is 2.74. The number of aliphatic carboxylic acids is 1. The van der Waals surface area contributed by atoms with E-state index < -0.39 is 49.2 Å². The molecular weight excluding hydrogens is 598 g/mol. The number of carboxylic acids is 1. The standard InChI is InChI=1S/C32H37N5O9/c1-43-25-11-8-12-26(44-2)29(25)30(39)36-24(31(40)41)17-35-28(38)20-45-23-15-22(16-34-27-13-6-7-14-33-27)37(18-23)32(42)46-19-21-9-4-3-5-10-21/h3-14,22-24H,15-20H2,1-2H3,(H,33,34)(H,35,38)(H,36,39)(H,40,41). The van der Waals surface area contributed by atoms with Crippen LogP contribution in [0.5, 0.6) is 11.5 Å². The summed E-state index contributed by atoms with van der Waals surface area (Å²) in [6, 6.07) is 17.7. The first kappa shape index (κ1) is 33.5. The van der Waals surface area contributed by atoms with Crippen molar-refractivity contribution < 1.29 is 43.2 Å². The molecule has 2 aromatic carbocycles. The molecule has 3 aromatic rings. The first-order valence-corrected chi connectivity index (χ1v) is 14.5. The van der Waals surface area contributed by atoms with Crippen molar-refractivity contribution in [1.29, 1.82) is 0 Å². The summed E-state index contributed by atoms with van der Waals surface area (Å²) in [5, 5.41) is 17.8. The molecule has 1 aromatic heterocycles. The van der Waals surface area contributed by atoms with Crippen LogP contribution in [0.2, 0.25) is 0 Å². The highest BCUT2D eigenvalue weighted by Gasteiger charge is 2.37. The smallest absolute Gasteiger partial charge is 0.410 e. The fraction of sp³-hybridized carbons (Fsp3) is 0.344. The van der Waals surface area contributed by atoms with Crippen LogP contribution >= 0.6 is 0 Å². The Hall–Kier alpha value is -5.37. The van der Waals surface area contributed by atoms with Crippen LogP contribution in [0, 0.1) is 0 Å². The van der Waals surface area contributed by atoms with E-state index >= 15 is 0 Å². The van der Waals surface area contributed by atoms with E-state index in [1.807, 2.05) is 42.5 Å². The second-order valence-corrected chi connectivity index (χ2v) is 10.3. The molecule has 3 unspecified atom stereocenters. The first-order chi connectivity index (χ1) is 22.3. The number of ether oxygens (including phenoxy) is 4. The fourth-order valence-corrected chi connectivity index (χ4v) is 4.87. The number of carboxylic acid groups (broad SMARTS) is 1. The second kappa shape index (κ2) is 16.6. The Kier molecular flexibility index (Phi) is 12.1. The lowest BCUT2D eigenvalue weighted by Crippen LogP contribution is -2.49. The maximum absolute atomic E-state index is 13.1. The average Bonchev–Trinajstić information content (AvgIpc) is 3.50. The van der Waals surface area contributed by atoms with Crippen LogP contribution in [0.3, 0.4) is 0 Å². The number of hydrogen-bond acceptors (Lipinski definition) is 10. The van der Waals surface area contributed by atoms with Gasteiger partial charge < -0.3 is 44.9 Å². The summed E-state index contributed by atoms with van der Waals surface area (Å²) in [6.07, 6.45) is 1.07. The third kappa shape index (κ3) is 9.32. The number of anilines is 1. The van der Waals surface area contributed by atoms with Gasteiger partial charge in [-0.15, -0.1) is 0 Å². The van der Waals surface area contributed by atoms with E-state index in [4.69, 9.17) is 18.9 Å². The number of aromatic nitrogens is 1. The SMILES string of the molecule is COc1cccc(OC)c1C(=O)NC(CNC(=O)COC1CC(CNc2ccccn2)N(C(=O)OCc2ccccc2)C1)C(=O)O. The number of carbonyl (C=O) groups is 4. The predicted octanol–water partition coefficient (Wildman–Crippen LogP) is 2.31. The second-order valence-electron chi connectivity index (χ2n) is 10.3. The minimum absolute atomic E-state index is 0.0218. The van der Waals surface area contributed by atoms with Gasteiger partial charge in [-0.1, -0.05) is 42.5 Å². The van der Waals surface area contributed by atoms with E-state index in [9.17, 15) is 24.3 Å². The molecule has 4 N–H and O–H groups in total. The Bertz CT molecular complexity index is 1450. The van der Waals surface area contributed by atoms with Gasteiger partial charge in [-0.3, -0.25) is 9.59 Å². The number of amides is 3. The summed E-state index contributed by atoms with van der Waals surface area (Å²) in [5.41, 5.74) is 0.870. The molecule has 14 nitrogen and oxygen atoms in total. The summed E-state index contributed by atoms with van der Waals surface area (Å²) in [6.45, 7) is -0.126. The highest BCUT2D eigenvalue weighted by molar-refractivity contribution is 6.01. The maximum atomic E-state index is 13.1. The Balaban J connectivity index is 1.31. The number of benzene rings is 2. The Morgan fingerprint density at radius 3 is 2.35 bits per heavy atom. The van der Waals surface area contributed by atoms with E-state index in [-0.39, 0.29) is 36.3 Å². The van der Waals surface area contributed by atoms with E-state index in [1.54, 1.807) is 35.4 Å². The normalized spacial score (nSPS) is 16.2. The number of likely N-dealkylation sites (tertiary alicyclic amines) is 1. The Labute approximate surface area is 266 Å². The number of hydrogen-bond donors (Lipinski definition) is 4. The molecule has 3 amide bonds. The molecule has 1 saturated heterocycles. The molecule has 3 atom stereocenters. The van der Waals surface area contributed by atoms with Gasteiger partial charge in [-0.25, -0.2) is 14.6 Å². The minimum atomic E-state index is -1.45. The van der Waals surface area contributed by atoms with Gasteiger partial charge in [0.25, 0.3) is 5.91 Å². The zero-order valence-electron chi connectivity index (χ0n) is 25.5. The van der Waals surface area contributed by atoms with Gasteiger partial charge in [0.15, 0.2) is 0 Å². The lowest BCUT2D eigenvalue weighted by atomic mass is 10.1. The number of rotatable bonds is 15. The molecule has 4 rings (SSSR count). The summed E-state index contributed by atoms with van der Waals surface area (Å²) in [4.78, 5) is 56.3. The van der Waals surface area contributed by atoms with Crippen molar-refractivity contribution in [1.82, 2.24) is 20.5 Å². The zero-order chi connectivity index (χ0) is 32.9. The van der Waals surface area contributed by atoms with E-state index in [1.165, 1.54) is 14.2 Å². The molecule has 2 heterocycles. The maximum Gasteiger partial charge on any atom is 0.410 e. The molecule has 1 fully saturated rings. The number of carbonyl (C=O) groups excluding carboxylic acids is 3. The quantitative estimate of drug-likeness (QED) is 0.193. The van der Waals surface area contributed by atoms with E-state index in [2.05, 4.69) is 20.9 Å². The Morgan fingerprint density at radius 1 is 0.978 bits per heavy atom. The van der Waals surface area contributed by atoms with Gasteiger partial charge in [0, 0.05) is 19.3 Å². The third-order valence-electron chi connectivity index (χ3n) is 7.21. The first-order valence-electron chi connectivity index (χ1n) is 14.5. The van der Waals surface area contributed by atoms with Gasteiger partial charge in [0.2, 0.25) is 5.91 Å². The molecule has 0 saturated carbocycles. The topological polar surface area (TPSA) is 178 Å². The van der Waals surface area contributed by atoms with Crippen molar-refractivity contribution in [3.05, 3.63) is 84.1 Å². The molecule has 1 aliphatic rings. The van der Waals surface area contributed by atoms with Gasteiger partial charge in [0.05, 0.1) is 32.9 Å². The molecule has 0 spiro atoms. The lowest BCUT2D eigenvalue weighted by Gasteiger charge is -2.24. The van der Waals surface area contributed by atoms with Gasteiger partial charge >= 0.3 is 12.1 Å². The molecule has 1 aliphatic heterocycles. The molecule has 46 heavy (non-hydrogen) atoms. The molecule has 0 aliphatic carbocycles. The van der Waals surface area contributed by atoms with Crippen molar-refractivity contribution in [3.8, 4) is 11.5 Å². The molecule has 0 radical (unpaired) electrons. The van der Waals surface area contributed by atoms with Crippen molar-refractivity contribution in [2.45, 2.75) is 31.2 Å². The largest absolute Gasteiger partial charge is 0.496 e. The molecular formula is C32H37N5O9. The van der Waals surface area contributed by atoms with Crippen LogP contribution in [-0.2, 0) is 25.7 Å².